The summed E-state index contributed by atoms with van der Waals surface area (Å²) < 4.78 is 0. The molecule has 1 N–H and O–H groups in total. The lowest BCUT2D eigenvalue weighted by molar-refractivity contribution is 0.445. The van der Waals surface area contributed by atoms with E-state index < -0.39 is 0 Å². The lowest BCUT2D eigenvalue weighted by atomic mass is 9.93. The van der Waals surface area contributed by atoms with Gasteiger partial charge in [-0.15, -0.1) is 6.42 Å². The molecule has 0 heterocycles. The highest BCUT2D eigenvalue weighted by Crippen LogP contribution is 2.23. The Labute approximate surface area is 79.2 Å². The fraction of sp³-hybridized carbons (Fsp3) is 0.333. The Kier molecular flexibility index (Phi) is 2.23. The summed E-state index contributed by atoms with van der Waals surface area (Å²) in [5.74, 6) is 2.64. The maximum Gasteiger partial charge on any atom is 0.0354 e. The minimum atomic E-state index is 0.674. The van der Waals surface area contributed by atoms with Gasteiger partial charge in [-0.2, -0.15) is 0 Å². The predicted molar refractivity (Wildman–Crippen MR) is 55.6 cm³/mol. The summed E-state index contributed by atoms with van der Waals surface area (Å²) in [5, 5.41) is 3.46. The fourth-order valence-electron chi connectivity index (χ4n) is 1.49. The summed E-state index contributed by atoms with van der Waals surface area (Å²) in [6.07, 6.45) is 9.26. The molecule has 0 bridgehead atoms. The van der Waals surface area contributed by atoms with E-state index in [0.717, 1.165) is 11.3 Å². The molecule has 1 nitrogen and oxygen atoms in total. The molecule has 13 heavy (non-hydrogen) atoms. The number of rotatable bonds is 2. The van der Waals surface area contributed by atoms with E-state index in [1.807, 2.05) is 18.2 Å². The average Bonchev–Trinajstić information content (AvgIpc) is 2.12. The van der Waals surface area contributed by atoms with Crippen molar-refractivity contribution in [1.29, 1.82) is 0 Å². The van der Waals surface area contributed by atoms with Crippen LogP contribution in [0.25, 0.3) is 0 Å². The fourth-order valence-corrected chi connectivity index (χ4v) is 1.49. The minimum Gasteiger partial charge on any atom is -0.382 e. The summed E-state index contributed by atoms with van der Waals surface area (Å²) >= 11 is 0. The van der Waals surface area contributed by atoms with Crippen molar-refractivity contribution in [2.45, 2.75) is 25.3 Å². The summed E-state index contributed by atoms with van der Waals surface area (Å²) in [4.78, 5) is 0. The molecule has 1 aliphatic rings. The Hall–Kier alpha value is -1.42. The van der Waals surface area contributed by atoms with Crippen LogP contribution in [0, 0.1) is 12.3 Å². The maximum atomic E-state index is 5.32. The Bertz CT molecular complexity index is 331. The molecule has 0 radical (unpaired) electrons. The highest BCUT2D eigenvalue weighted by molar-refractivity contribution is 5.50. The van der Waals surface area contributed by atoms with E-state index in [2.05, 4.69) is 17.3 Å². The second kappa shape index (κ2) is 3.53. The normalized spacial score (nSPS) is 15.9. The third-order valence-electron chi connectivity index (χ3n) is 2.51. The van der Waals surface area contributed by atoms with E-state index in [1.165, 1.54) is 19.3 Å². The molecule has 0 spiro atoms. The molecule has 0 saturated heterocycles. The summed E-state index contributed by atoms with van der Waals surface area (Å²) in [7, 11) is 0. The van der Waals surface area contributed by atoms with Crippen LogP contribution >= 0.6 is 0 Å². The first kappa shape index (κ1) is 8.19. The van der Waals surface area contributed by atoms with Crippen molar-refractivity contribution in [2.24, 2.45) is 0 Å². The molecule has 1 aromatic rings. The van der Waals surface area contributed by atoms with Gasteiger partial charge in [-0.05, 0) is 37.5 Å². The summed E-state index contributed by atoms with van der Waals surface area (Å²) in [6.45, 7) is 0. The van der Waals surface area contributed by atoms with Gasteiger partial charge in [-0.3, -0.25) is 0 Å². The quantitative estimate of drug-likeness (QED) is 0.674. The second-order valence-electron chi connectivity index (χ2n) is 3.50. The van der Waals surface area contributed by atoms with Gasteiger partial charge in [0.25, 0.3) is 0 Å². The minimum absolute atomic E-state index is 0.674. The second-order valence-corrected chi connectivity index (χ2v) is 3.50. The van der Waals surface area contributed by atoms with Crippen LogP contribution in [-0.2, 0) is 0 Å². The molecule has 0 amide bonds. The molecule has 1 aliphatic carbocycles. The third kappa shape index (κ3) is 1.84. The number of terminal acetylenes is 1. The van der Waals surface area contributed by atoms with E-state index in [4.69, 9.17) is 6.42 Å². The van der Waals surface area contributed by atoms with Crippen molar-refractivity contribution in [2.75, 3.05) is 5.32 Å². The zero-order chi connectivity index (χ0) is 9.10. The van der Waals surface area contributed by atoms with Gasteiger partial charge in [-0.25, -0.2) is 0 Å². The van der Waals surface area contributed by atoms with Crippen LogP contribution in [0.3, 0.4) is 0 Å². The molecule has 0 unspecified atom stereocenters. The first-order valence-electron chi connectivity index (χ1n) is 4.72. The van der Waals surface area contributed by atoms with E-state index in [-0.39, 0.29) is 0 Å². The van der Waals surface area contributed by atoms with Crippen LogP contribution in [0.2, 0.25) is 0 Å². The van der Waals surface area contributed by atoms with Crippen LogP contribution in [0.15, 0.2) is 24.3 Å². The highest BCUT2D eigenvalue weighted by Gasteiger charge is 2.16. The number of hydrogen-bond donors (Lipinski definition) is 1. The van der Waals surface area contributed by atoms with Gasteiger partial charge in [0.15, 0.2) is 0 Å². The van der Waals surface area contributed by atoms with Crippen LogP contribution in [0.5, 0.6) is 0 Å². The molecular weight excluding hydrogens is 158 g/mol. The molecular formula is C12H13N. The number of hydrogen-bond acceptors (Lipinski definition) is 1. The van der Waals surface area contributed by atoms with E-state index in [0.29, 0.717) is 6.04 Å². The van der Waals surface area contributed by atoms with Crippen molar-refractivity contribution < 1.29 is 0 Å². The standard InChI is InChI=1S/C12H13N/c1-2-10-5-3-8-12(9-10)13-11-6-4-7-11/h1,3,5,8-9,11,13H,4,6-7H2. The molecule has 1 aromatic carbocycles. The lowest BCUT2D eigenvalue weighted by Gasteiger charge is -2.27. The van der Waals surface area contributed by atoms with Gasteiger partial charge < -0.3 is 5.32 Å². The molecule has 0 aromatic heterocycles. The van der Waals surface area contributed by atoms with Gasteiger partial charge in [-0.1, -0.05) is 12.0 Å². The van der Waals surface area contributed by atoms with Crippen molar-refractivity contribution >= 4 is 5.69 Å². The van der Waals surface area contributed by atoms with E-state index in [9.17, 15) is 0 Å². The SMILES string of the molecule is C#Cc1cccc(NC2CCC2)c1. The largest absolute Gasteiger partial charge is 0.382 e. The highest BCUT2D eigenvalue weighted by atomic mass is 14.9. The Morgan fingerprint density at radius 2 is 2.23 bits per heavy atom. The van der Waals surface area contributed by atoms with Crippen molar-refractivity contribution in [3.8, 4) is 12.3 Å². The molecule has 1 heteroatoms. The van der Waals surface area contributed by atoms with Gasteiger partial charge in [0.1, 0.15) is 0 Å². The topological polar surface area (TPSA) is 12.0 Å². The van der Waals surface area contributed by atoms with Crippen LogP contribution in [-0.4, -0.2) is 6.04 Å². The van der Waals surface area contributed by atoms with Gasteiger partial charge in [0.05, 0.1) is 0 Å². The monoisotopic (exact) mass is 171 g/mol. The van der Waals surface area contributed by atoms with E-state index >= 15 is 0 Å². The van der Waals surface area contributed by atoms with Gasteiger partial charge in [0.2, 0.25) is 0 Å². The first-order valence-corrected chi connectivity index (χ1v) is 4.72. The Morgan fingerprint density at radius 3 is 2.85 bits per heavy atom. The number of anilines is 1. The zero-order valence-electron chi connectivity index (χ0n) is 7.59. The molecule has 66 valence electrons. The smallest absolute Gasteiger partial charge is 0.0354 e. The van der Waals surface area contributed by atoms with Crippen LogP contribution in [0.1, 0.15) is 24.8 Å². The van der Waals surface area contributed by atoms with Crippen LogP contribution in [0.4, 0.5) is 5.69 Å². The van der Waals surface area contributed by atoms with E-state index in [1.54, 1.807) is 0 Å². The lowest BCUT2D eigenvalue weighted by Crippen LogP contribution is -2.26. The number of nitrogens with one attached hydrogen (secondary N) is 1. The Balaban J connectivity index is 2.07. The maximum absolute atomic E-state index is 5.32. The van der Waals surface area contributed by atoms with Gasteiger partial charge >= 0.3 is 0 Å². The molecule has 0 atom stereocenters. The summed E-state index contributed by atoms with van der Waals surface area (Å²) in [5.41, 5.74) is 2.10. The first-order chi connectivity index (χ1) is 6.38. The van der Waals surface area contributed by atoms with Crippen LogP contribution < -0.4 is 5.32 Å². The van der Waals surface area contributed by atoms with Crippen molar-refractivity contribution in [1.82, 2.24) is 0 Å². The third-order valence-corrected chi connectivity index (χ3v) is 2.51. The molecule has 0 aliphatic heterocycles. The molecule has 1 fully saturated rings. The zero-order valence-corrected chi connectivity index (χ0v) is 7.59. The van der Waals surface area contributed by atoms with Gasteiger partial charge in [0, 0.05) is 17.3 Å². The average molecular weight is 171 g/mol. The van der Waals surface area contributed by atoms with Crippen molar-refractivity contribution in [3.05, 3.63) is 29.8 Å². The van der Waals surface area contributed by atoms with Crippen molar-refractivity contribution in [3.63, 3.8) is 0 Å². The summed E-state index contributed by atoms with van der Waals surface area (Å²) in [6, 6.07) is 8.72. The predicted octanol–water partition coefficient (Wildman–Crippen LogP) is 2.63. The Morgan fingerprint density at radius 1 is 1.38 bits per heavy atom. The molecule has 2 rings (SSSR count). The molecule has 1 saturated carbocycles. The number of benzene rings is 1.